The summed E-state index contributed by atoms with van der Waals surface area (Å²) < 4.78 is 1.09. The number of rotatable bonds is 6. The summed E-state index contributed by atoms with van der Waals surface area (Å²) in [5.74, 6) is 0.326. The molecule has 1 saturated carbocycles. The van der Waals surface area contributed by atoms with Gasteiger partial charge < -0.3 is 0 Å². The zero-order valence-electron chi connectivity index (χ0n) is 16.1. The highest BCUT2D eigenvalue weighted by Gasteiger charge is 2.40. The molecule has 3 aromatic rings. The SMILES string of the molecule is Cc1cc(-c2ccc(CC(=O)CC3(c4cccc(Br)c4)CCC3)cc2)ccn1. The van der Waals surface area contributed by atoms with Crippen LogP contribution in [0, 0.1) is 6.92 Å². The van der Waals surface area contributed by atoms with Crippen LogP contribution in [0.3, 0.4) is 0 Å². The van der Waals surface area contributed by atoms with Crippen LogP contribution in [0.25, 0.3) is 11.1 Å². The van der Waals surface area contributed by atoms with E-state index >= 15 is 0 Å². The molecule has 1 heterocycles. The fraction of sp³-hybridized carbons (Fsp3) is 0.280. The van der Waals surface area contributed by atoms with Gasteiger partial charge in [0.25, 0.3) is 0 Å². The average molecular weight is 434 g/mol. The van der Waals surface area contributed by atoms with Gasteiger partial charge in [-0.1, -0.05) is 58.7 Å². The van der Waals surface area contributed by atoms with Crippen molar-refractivity contribution in [2.45, 2.75) is 44.4 Å². The van der Waals surface area contributed by atoms with Gasteiger partial charge in [-0.2, -0.15) is 0 Å². The first-order valence-corrected chi connectivity index (χ1v) is 10.6. The summed E-state index contributed by atoms with van der Waals surface area (Å²) in [6.45, 7) is 2.00. The molecule has 142 valence electrons. The summed E-state index contributed by atoms with van der Waals surface area (Å²) in [5.41, 5.74) is 5.75. The third-order valence-electron chi connectivity index (χ3n) is 5.87. The Hall–Kier alpha value is -2.26. The van der Waals surface area contributed by atoms with Gasteiger partial charge in [0.2, 0.25) is 0 Å². The first-order valence-electron chi connectivity index (χ1n) is 9.84. The summed E-state index contributed by atoms with van der Waals surface area (Å²) in [7, 11) is 0. The zero-order valence-corrected chi connectivity index (χ0v) is 17.7. The average Bonchev–Trinajstić information content (AvgIpc) is 2.65. The van der Waals surface area contributed by atoms with E-state index in [4.69, 9.17) is 0 Å². The van der Waals surface area contributed by atoms with Crippen molar-refractivity contribution in [2.75, 3.05) is 0 Å². The van der Waals surface area contributed by atoms with Crippen LogP contribution >= 0.6 is 15.9 Å². The monoisotopic (exact) mass is 433 g/mol. The maximum Gasteiger partial charge on any atom is 0.138 e. The first kappa shape index (κ1) is 19.1. The highest BCUT2D eigenvalue weighted by atomic mass is 79.9. The third kappa shape index (κ3) is 4.10. The molecule has 1 aromatic heterocycles. The first-order chi connectivity index (χ1) is 13.5. The highest BCUT2D eigenvalue weighted by Crippen LogP contribution is 2.47. The predicted octanol–water partition coefficient (Wildman–Crippen LogP) is 6.44. The number of Topliss-reactive ketones (excluding diaryl/α,β-unsaturated/α-hetero) is 1. The van der Waals surface area contributed by atoms with Crippen LogP contribution in [0.1, 0.15) is 42.5 Å². The van der Waals surface area contributed by atoms with Gasteiger partial charge >= 0.3 is 0 Å². The molecule has 1 fully saturated rings. The zero-order chi connectivity index (χ0) is 19.6. The number of halogens is 1. The fourth-order valence-corrected chi connectivity index (χ4v) is 4.60. The smallest absolute Gasteiger partial charge is 0.138 e. The van der Waals surface area contributed by atoms with Crippen LogP contribution in [0.2, 0.25) is 0 Å². The van der Waals surface area contributed by atoms with E-state index in [2.05, 4.69) is 69.4 Å². The molecule has 2 aromatic carbocycles. The quantitative estimate of drug-likeness (QED) is 0.447. The lowest BCUT2D eigenvalue weighted by molar-refractivity contribution is -0.120. The van der Waals surface area contributed by atoms with Gasteiger partial charge in [0, 0.05) is 34.6 Å². The number of aryl methyl sites for hydroxylation is 1. The Kier molecular flexibility index (Phi) is 5.45. The maximum absolute atomic E-state index is 12.9. The third-order valence-corrected chi connectivity index (χ3v) is 6.36. The van der Waals surface area contributed by atoms with E-state index in [9.17, 15) is 4.79 Å². The lowest BCUT2D eigenvalue weighted by atomic mass is 9.61. The van der Waals surface area contributed by atoms with Crippen LogP contribution in [-0.4, -0.2) is 10.8 Å². The van der Waals surface area contributed by atoms with Gasteiger partial charge in [0.1, 0.15) is 5.78 Å². The molecule has 0 saturated heterocycles. The second-order valence-corrected chi connectivity index (χ2v) is 8.83. The van der Waals surface area contributed by atoms with Crippen molar-refractivity contribution < 1.29 is 4.79 Å². The molecule has 0 amide bonds. The summed E-state index contributed by atoms with van der Waals surface area (Å²) in [4.78, 5) is 17.1. The van der Waals surface area contributed by atoms with Crippen molar-refractivity contribution in [1.82, 2.24) is 4.98 Å². The number of hydrogen-bond acceptors (Lipinski definition) is 2. The Bertz CT molecular complexity index is 989. The Labute approximate surface area is 175 Å². The minimum absolute atomic E-state index is 0.0371. The van der Waals surface area contributed by atoms with E-state index in [1.165, 1.54) is 12.0 Å². The number of hydrogen-bond donors (Lipinski definition) is 0. The molecule has 3 heteroatoms. The molecule has 0 N–H and O–H groups in total. The molecule has 4 rings (SSSR count). The summed E-state index contributed by atoms with van der Waals surface area (Å²) in [6.07, 6.45) is 6.40. The van der Waals surface area contributed by atoms with Crippen molar-refractivity contribution >= 4 is 21.7 Å². The van der Waals surface area contributed by atoms with E-state index in [1.807, 2.05) is 25.3 Å². The second-order valence-electron chi connectivity index (χ2n) is 7.92. The van der Waals surface area contributed by atoms with Gasteiger partial charge in [-0.15, -0.1) is 0 Å². The minimum Gasteiger partial charge on any atom is -0.299 e. The predicted molar refractivity (Wildman–Crippen MR) is 117 cm³/mol. The lowest BCUT2D eigenvalue weighted by Gasteiger charge is -2.42. The van der Waals surface area contributed by atoms with Gasteiger partial charge in [-0.25, -0.2) is 0 Å². The van der Waals surface area contributed by atoms with Crippen molar-refractivity contribution in [2.24, 2.45) is 0 Å². The lowest BCUT2D eigenvalue weighted by Crippen LogP contribution is -2.37. The van der Waals surface area contributed by atoms with Crippen LogP contribution in [-0.2, 0) is 16.6 Å². The van der Waals surface area contributed by atoms with Crippen molar-refractivity contribution in [3.63, 3.8) is 0 Å². The largest absolute Gasteiger partial charge is 0.299 e. The van der Waals surface area contributed by atoms with Crippen LogP contribution in [0.15, 0.2) is 71.3 Å². The van der Waals surface area contributed by atoms with E-state index < -0.39 is 0 Å². The minimum atomic E-state index is 0.0371. The molecule has 2 nitrogen and oxygen atoms in total. The normalized spacial score (nSPS) is 15.1. The standard InChI is InChI=1S/C25H24BrNO/c1-18-14-21(10-13-27-18)20-8-6-19(7-9-20)15-24(28)17-25(11-3-12-25)22-4-2-5-23(26)16-22/h2,4-10,13-14,16H,3,11-12,15,17H2,1H3. The Morgan fingerprint density at radius 3 is 2.46 bits per heavy atom. The molecular weight excluding hydrogens is 410 g/mol. The molecule has 0 unspecified atom stereocenters. The van der Waals surface area contributed by atoms with Gasteiger partial charge in [0.05, 0.1) is 0 Å². The Morgan fingerprint density at radius 1 is 1.04 bits per heavy atom. The fourth-order valence-electron chi connectivity index (χ4n) is 4.20. The van der Waals surface area contributed by atoms with Crippen molar-refractivity contribution in [3.05, 3.63) is 88.2 Å². The summed E-state index contributed by atoms with van der Waals surface area (Å²) in [5, 5.41) is 0. The van der Waals surface area contributed by atoms with Crippen LogP contribution < -0.4 is 0 Å². The van der Waals surface area contributed by atoms with Crippen molar-refractivity contribution in [1.29, 1.82) is 0 Å². The van der Waals surface area contributed by atoms with Gasteiger partial charge in [0.15, 0.2) is 0 Å². The molecule has 0 bridgehead atoms. The van der Waals surface area contributed by atoms with E-state index in [-0.39, 0.29) is 5.41 Å². The highest BCUT2D eigenvalue weighted by molar-refractivity contribution is 9.10. The molecular formula is C25H24BrNO. The molecule has 0 spiro atoms. The molecule has 0 atom stereocenters. The number of nitrogens with zero attached hydrogens (tertiary/aromatic N) is 1. The van der Waals surface area contributed by atoms with Crippen LogP contribution in [0.5, 0.6) is 0 Å². The second kappa shape index (κ2) is 8.00. The summed E-state index contributed by atoms with van der Waals surface area (Å²) in [6, 6.07) is 20.9. The molecule has 0 aliphatic heterocycles. The summed E-state index contributed by atoms with van der Waals surface area (Å²) >= 11 is 3.57. The molecule has 1 aliphatic rings. The van der Waals surface area contributed by atoms with E-state index in [1.54, 1.807) is 0 Å². The number of benzene rings is 2. The number of pyridine rings is 1. The maximum atomic E-state index is 12.9. The number of ketones is 1. The molecule has 0 radical (unpaired) electrons. The van der Waals surface area contributed by atoms with Gasteiger partial charge in [-0.05, 0) is 66.3 Å². The Morgan fingerprint density at radius 2 is 1.82 bits per heavy atom. The Balaban J connectivity index is 1.45. The van der Waals surface area contributed by atoms with Gasteiger partial charge in [-0.3, -0.25) is 9.78 Å². The number of carbonyl (C=O) groups is 1. The topological polar surface area (TPSA) is 30.0 Å². The van der Waals surface area contributed by atoms with Crippen molar-refractivity contribution in [3.8, 4) is 11.1 Å². The number of aromatic nitrogens is 1. The molecule has 1 aliphatic carbocycles. The van der Waals surface area contributed by atoms with E-state index in [0.717, 1.165) is 39.7 Å². The number of carbonyl (C=O) groups excluding carboxylic acids is 1. The van der Waals surface area contributed by atoms with Crippen LogP contribution in [0.4, 0.5) is 0 Å². The molecule has 28 heavy (non-hydrogen) atoms. The van der Waals surface area contributed by atoms with E-state index in [0.29, 0.717) is 18.6 Å².